The molecular weight excluding hydrogens is 142 g/mol. The first-order valence-corrected chi connectivity index (χ1v) is 3.96. The van der Waals surface area contributed by atoms with Crippen molar-refractivity contribution in [2.24, 2.45) is 5.73 Å². The summed E-state index contributed by atoms with van der Waals surface area (Å²) in [6.45, 7) is 4.09. The van der Waals surface area contributed by atoms with Crippen LogP contribution in [0, 0.1) is 0 Å². The fraction of sp³-hybridized carbons (Fsp3) is 0.875. The molecule has 64 valence electrons. The average Bonchev–Trinajstić information content (AvgIpc) is 2.29. The summed E-state index contributed by atoms with van der Waals surface area (Å²) in [7, 11) is 0. The van der Waals surface area contributed by atoms with Gasteiger partial charge in [-0.1, -0.05) is 0 Å². The number of carbonyl (C=O) groups is 1. The van der Waals surface area contributed by atoms with E-state index in [4.69, 9.17) is 10.5 Å². The van der Waals surface area contributed by atoms with Gasteiger partial charge in [0.05, 0.1) is 12.1 Å². The molecule has 1 aliphatic rings. The number of hydrogen-bond acceptors (Lipinski definition) is 3. The Morgan fingerprint density at radius 2 is 2.36 bits per heavy atom. The van der Waals surface area contributed by atoms with Crippen LogP contribution in [0.15, 0.2) is 0 Å². The maximum absolute atomic E-state index is 11.1. The smallest absolute Gasteiger partial charge is 0.175 e. The van der Waals surface area contributed by atoms with Crippen molar-refractivity contribution < 1.29 is 9.53 Å². The SMILES string of the molecule is CC1(C)CC[C@@H](C(=O)CN)O1. The molecule has 0 radical (unpaired) electrons. The number of hydrogen-bond donors (Lipinski definition) is 1. The van der Waals surface area contributed by atoms with Crippen molar-refractivity contribution in [1.29, 1.82) is 0 Å². The number of carbonyl (C=O) groups excluding carboxylic acids is 1. The van der Waals surface area contributed by atoms with Gasteiger partial charge in [-0.15, -0.1) is 0 Å². The van der Waals surface area contributed by atoms with Crippen LogP contribution in [0.25, 0.3) is 0 Å². The summed E-state index contributed by atoms with van der Waals surface area (Å²) < 4.78 is 5.47. The molecule has 0 amide bonds. The Kier molecular flexibility index (Phi) is 2.30. The van der Waals surface area contributed by atoms with Crippen LogP contribution < -0.4 is 5.73 Å². The molecule has 0 aromatic rings. The molecule has 0 aliphatic carbocycles. The highest BCUT2D eigenvalue weighted by Gasteiger charge is 2.34. The van der Waals surface area contributed by atoms with E-state index in [2.05, 4.69) is 0 Å². The van der Waals surface area contributed by atoms with Gasteiger partial charge in [0.15, 0.2) is 5.78 Å². The van der Waals surface area contributed by atoms with Crippen molar-refractivity contribution in [2.75, 3.05) is 6.54 Å². The summed E-state index contributed by atoms with van der Waals surface area (Å²) in [5.74, 6) is 0.0237. The molecule has 1 aliphatic heterocycles. The van der Waals surface area contributed by atoms with Crippen LogP contribution >= 0.6 is 0 Å². The van der Waals surface area contributed by atoms with Gasteiger partial charge in [-0.2, -0.15) is 0 Å². The molecule has 1 fully saturated rings. The van der Waals surface area contributed by atoms with Crippen LogP contribution in [0.2, 0.25) is 0 Å². The zero-order valence-corrected chi connectivity index (χ0v) is 7.09. The molecule has 0 unspecified atom stereocenters. The van der Waals surface area contributed by atoms with Gasteiger partial charge in [-0.05, 0) is 26.7 Å². The van der Waals surface area contributed by atoms with Gasteiger partial charge in [0, 0.05) is 0 Å². The Balaban J connectivity index is 2.48. The van der Waals surface area contributed by atoms with E-state index >= 15 is 0 Å². The first-order chi connectivity index (χ1) is 5.05. The predicted molar refractivity (Wildman–Crippen MR) is 42.2 cm³/mol. The molecule has 1 rings (SSSR count). The van der Waals surface area contributed by atoms with E-state index in [-0.39, 0.29) is 24.0 Å². The van der Waals surface area contributed by atoms with Gasteiger partial charge < -0.3 is 10.5 Å². The van der Waals surface area contributed by atoms with Gasteiger partial charge >= 0.3 is 0 Å². The van der Waals surface area contributed by atoms with E-state index in [1.165, 1.54) is 0 Å². The van der Waals surface area contributed by atoms with Gasteiger partial charge in [0.1, 0.15) is 6.10 Å². The second-order valence-electron chi connectivity index (χ2n) is 3.58. The lowest BCUT2D eigenvalue weighted by atomic mass is 10.0. The van der Waals surface area contributed by atoms with Crippen LogP contribution in [0.3, 0.4) is 0 Å². The topological polar surface area (TPSA) is 52.3 Å². The van der Waals surface area contributed by atoms with Crippen molar-refractivity contribution >= 4 is 5.78 Å². The quantitative estimate of drug-likeness (QED) is 0.634. The number of Topliss-reactive ketones (excluding diaryl/α,β-unsaturated/α-hetero) is 1. The molecule has 1 heterocycles. The minimum Gasteiger partial charge on any atom is -0.365 e. The van der Waals surface area contributed by atoms with E-state index < -0.39 is 0 Å². The molecule has 11 heavy (non-hydrogen) atoms. The van der Waals surface area contributed by atoms with Crippen LogP contribution in [-0.4, -0.2) is 24.0 Å². The summed E-state index contributed by atoms with van der Waals surface area (Å²) in [6.07, 6.45) is 1.53. The monoisotopic (exact) mass is 157 g/mol. The largest absolute Gasteiger partial charge is 0.365 e. The minimum atomic E-state index is -0.241. The summed E-state index contributed by atoms with van der Waals surface area (Å²) in [5.41, 5.74) is 5.08. The maximum Gasteiger partial charge on any atom is 0.175 e. The lowest BCUT2D eigenvalue weighted by molar-refractivity contribution is -0.131. The molecule has 0 bridgehead atoms. The van der Waals surface area contributed by atoms with E-state index in [9.17, 15) is 4.79 Å². The van der Waals surface area contributed by atoms with Gasteiger partial charge in [-0.3, -0.25) is 4.79 Å². The zero-order chi connectivity index (χ0) is 8.48. The normalized spacial score (nSPS) is 28.8. The van der Waals surface area contributed by atoms with E-state index in [1.54, 1.807) is 0 Å². The zero-order valence-electron chi connectivity index (χ0n) is 7.09. The Labute approximate surface area is 66.9 Å². The number of rotatable bonds is 2. The second kappa shape index (κ2) is 2.91. The minimum absolute atomic E-state index is 0.0237. The first-order valence-electron chi connectivity index (χ1n) is 3.96. The van der Waals surface area contributed by atoms with Crippen molar-refractivity contribution in [3.05, 3.63) is 0 Å². The lowest BCUT2D eigenvalue weighted by Gasteiger charge is -2.17. The van der Waals surface area contributed by atoms with Gasteiger partial charge in [0.25, 0.3) is 0 Å². The average molecular weight is 157 g/mol. The summed E-state index contributed by atoms with van der Waals surface area (Å²) in [5, 5.41) is 0. The van der Waals surface area contributed by atoms with Crippen molar-refractivity contribution in [3.8, 4) is 0 Å². The Bertz CT molecular complexity index is 165. The van der Waals surface area contributed by atoms with E-state index in [1.807, 2.05) is 13.8 Å². The van der Waals surface area contributed by atoms with Crippen LogP contribution in [0.5, 0.6) is 0 Å². The number of ether oxygens (including phenoxy) is 1. The van der Waals surface area contributed by atoms with E-state index in [0.717, 1.165) is 12.8 Å². The lowest BCUT2D eigenvalue weighted by Crippen LogP contribution is -2.30. The van der Waals surface area contributed by atoms with Crippen LogP contribution in [0.1, 0.15) is 26.7 Å². The van der Waals surface area contributed by atoms with Crippen molar-refractivity contribution in [1.82, 2.24) is 0 Å². The molecule has 3 nitrogen and oxygen atoms in total. The van der Waals surface area contributed by atoms with E-state index in [0.29, 0.717) is 0 Å². The standard InChI is InChI=1S/C8H15NO2/c1-8(2)4-3-7(11-8)6(10)5-9/h7H,3-5,9H2,1-2H3/t7-/m0/s1. The third kappa shape index (κ3) is 2.01. The molecule has 0 aromatic heterocycles. The fourth-order valence-corrected chi connectivity index (χ4v) is 1.34. The molecule has 1 saturated heterocycles. The second-order valence-corrected chi connectivity index (χ2v) is 3.58. The molecule has 3 heteroatoms. The molecule has 2 N–H and O–H groups in total. The van der Waals surface area contributed by atoms with Gasteiger partial charge in [0.2, 0.25) is 0 Å². The number of ketones is 1. The van der Waals surface area contributed by atoms with Gasteiger partial charge in [-0.25, -0.2) is 0 Å². The summed E-state index contributed by atoms with van der Waals surface area (Å²) >= 11 is 0. The molecule has 0 aromatic carbocycles. The third-order valence-corrected chi connectivity index (χ3v) is 2.03. The highest BCUT2D eigenvalue weighted by atomic mass is 16.5. The Morgan fingerprint density at radius 1 is 1.73 bits per heavy atom. The van der Waals surface area contributed by atoms with Crippen molar-refractivity contribution in [2.45, 2.75) is 38.4 Å². The highest BCUT2D eigenvalue weighted by Crippen LogP contribution is 2.29. The predicted octanol–water partition coefficient (Wildman–Crippen LogP) is 0.472. The maximum atomic E-state index is 11.1. The Morgan fingerprint density at radius 3 is 2.73 bits per heavy atom. The molecule has 0 spiro atoms. The summed E-state index contributed by atoms with van der Waals surface area (Å²) in [4.78, 5) is 11.1. The molecule has 1 atom stereocenters. The first kappa shape index (κ1) is 8.68. The molecule has 0 saturated carbocycles. The van der Waals surface area contributed by atoms with Crippen molar-refractivity contribution in [3.63, 3.8) is 0 Å². The number of nitrogens with two attached hydrogens (primary N) is 1. The van der Waals surface area contributed by atoms with Crippen LogP contribution in [0.4, 0.5) is 0 Å². The highest BCUT2D eigenvalue weighted by molar-refractivity contribution is 5.85. The Hall–Kier alpha value is -0.410. The molecular formula is C8H15NO2. The third-order valence-electron chi connectivity index (χ3n) is 2.03. The van der Waals surface area contributed by atoms with Crippen LogP contribution in [-0.2, 0) is 9.53 Å². The summed E-state index contributed by atoms with van der Waals surface area (Å²) in [6, 6.07) is 0. The fourth-order valence-electron chi connectivity index (χ4n) is 1.34.